The van der Waals surface area contributed by atoms with Crippen LogP contribution in [0.3, 0.4) is 0 Å². The zero-order chi connectivity index (χ0) is 29.6. The third-order valence-electron chi connectivity index (χ3n) is 14.3. The summed E-state index contributed by atoms with van der Waals surface area (Å²) in [5.41, 5.74) is 1.40. The molecule has 2 unspecified atom stereocenters. The number of benzene rings is 1. The van der Waals surface area contributed by atoms with Gasteiger partial charge in [0, 0.05) is 5.92 Å². The molecule has 41 heavy (non-hydrogen) atoms. The Kier molecular flexibility index (Phi) is 6.60. The maximum absolute atomic E-state index is 14.5. The van der Waals surface area contributed by atoms with Gasteiger partial charge in [-0.1, -0.05) is 77.4 Å². The summed E-state index contributed by atoms with van der Waals surface area (Å²) < 4.78 is 5.93. The lowest BCUT2D eigenvalue weighted by atomic mass is 9.33. The highest BCUT2D eigenvalue weighted by atomic mass is 16.5. The van der Waals surface area contributed by atoms with Crippen LogP contribution in [0.25, 0.3) is 0 Å². The predicted octanol–water partition coefficient (Wildman–Crippen LogP) is 8.07. The molecule has 0 saturated heterocycles. The second-order valence-electron chi connectivity index (χ2n) is 16.7. The van der Waals surface area contributed by atoms with Crippen LogP contribution < -0.4 is 0 Å². The first-order chi connectivity index (χ1) is 19.1. The molecule has 9 atom stereocenters. The molecule has 1 N–H and O–H groups in total. The van der Waals surface area contributed by atoms with E-state index in [1.54, 1.807) is 0 Å². The van der Waals surface area contributed by atoms with Crippen molar-refractivity contribution in [2.45, 2.75) is 119 Å². The number of carbonyl (C=O) groups is 2. The Morgan fingerprint density at radius 1 is 0.902 bits per heavy atom. The number of aliphatic hydroxyl groups is 1. The first kappa shape index (κ1) is 29.1. The summed E-state index contributed by atoms with van der Waals surface area (Å²) in [7, 11) is 0. The van der Waals surface area contributed by atoms with Crippen molar-refractivity contribution in [1.82, 2.24) is 0 Å². The molecule has 5 aliphatic rings. The molecule has 5 aliphatic carbocycles. The fourth-order valence-corrected chi connectivity index (χ4v) is 11.3. The Hall–Kier alpha value is -1.94. The molecular formula is C37H52O4. The summed E-state index contributed by atoms with van der Waals surface area (Å²) in [5.74, 6) is 0.734. The maximum atomic E-state index is 14.5. The Labute approximate surface area is 247 Å². The molecule has 0 radical (unpaired) electrons. The van der Waals surface area contributed by atoms with Gasteiger partial charge in [-0.3, -0.25) is 9.59 Å². The summed E-state index contributed by atoms with van der Waals surface area (Å²) in [5, 5.41) is 11.0. The number of allylic oxidation sites excluding steroid dienone is 2. The third-order valence-corrected chi connectivity index (χ3v) is 14.3. The van der Waals surface area contributed by atoms with E-state index in [9.17, 15) is 14.7 Å². The Morgan fingerprint density at radius 3 is 2.29 bits per heavy atom. The van der Waals surface area contributed by atoms with Crippen molar-refractivity contribution in [3.05, 3.63) is 47.5 Å². The van der Waals surface area contributed by atoms with E-state index in [1.807, 2.05) is 30.3 Å². The smallest absolute Gasteiger partial charge is 0.312 e. The molecule has 1 aromatic rings. The van der Waals surface area contributed by atoms with E-state index in [0.717, 1.165) is 63.4 Å². The number of aliphatic hydroxyl groups excluding tert-OH is 1. The average molecular weight is 561 g/mol. The normalized spacial score (nSPS) is 46.7. The number of carbonyl (C=O) groups excluding carboxylic acids is 2. The topological polar surface area (TPSA) is 63.6 Å². The number of hydrogen-bond acceptors (Lipinski definition) is 4. The van der Waals surface area contributed by atoms with Gasteiger partial charge in [0.15, 0.2) is 5.78 Å². The second-order valence-corrected chi connectivity index (χ2v) is 16.7. The van der Waals surface area contributed by atoms with Crippen molar-refractivity contribution in [1.29, 1.82) is 0 Å². The predicted molar refractivity (Wildman–Crippen MR) is 162 cm³/mol. The molecule has 4 heteroatoms. The van der Waals surface area contributed by atoms with Crippen molar-refractivity contribution in [2.75, 3.05) is 0 Å². The van der Waals surface area contributed by atoms with Gasteiger partial charge in [-0.05, 0) is 115 Å². The highest BCUT2D eigenvalue weighted by Crippen LogP contribution is 2.75. The summed E-state index contributed by atoms with van der Waals surface area (Å²) in [6.07, 6.45) is 10.4. The molecule has 6 rings (SSSR count). The quantitative estimate of drug-likeness (QED) is 0.380. The molecule has 0 spiro atoms. The molecule has 4 fully saturated rings. The zero-order valence-corrected chi connectivity index (χ0v) is 26.5. The SMILES string of the molecule is CC1(C)C2CCC3(C)[C@H](C(=O)C=C4[C@@H]5C[C@@](C)(C(=O)OCc6ccccc6)CC[C@]5(C)CC[C@]43C)[C@@]2(C)CC[C@@H]1O. The van der Waals surface area contributed by atoms with Gasteiger partial charge in [-0.15, -0.1) is 0 Å². The van der Waals surface area contributed by atoms with E-state index < -0.39 is 5.41 Å². The van der Waals surface area contributed by atoms with Crippen molar-refractivity contribution >= 4 is 11.8 Å². The molecule has 4 nitrogen and oxygen atoms in total. The van der Waals surface area contributed by atoms with Gasteiger partial charge < -0.3 is 9.84 Å². The standard InChI is InChI=1S/C37H52O4/c1-32(2)28-13-16-37(7)30(35(28,5)15-14-29(32)39)27(38)21-25-26-22-34(4,18-17-33(26,3)19-20-36(25,37)6)31(40)41-23-24-11-9-8-10-12-24/h8-12,21,26,28-30,39H,13-20,22-23H2,1-7H3/t26-,28?,29-,30+,33+,34-,35-,36+,37?/m0/s1. The largest absolute Gasteiger partial charge is 0.460 e. The minimum Gasteiger partial charge on any atom is -0.460 e. The summed E-state index contributed by atoms with van der Waals surface area (Å²) in [6, 6.07) is 9.93. The molecule has 0 heterocycles. The molecule has 0 amide bonds. The van der Waals surface area contributed by atoms with E-state index in [2.05, 4.69) is 54.5 Å². The van der Waals surface area contributed by atoms with Crippen molar-refractivity contribution in [2.24, 2.45) is 50.2 Å². The lowest BCUT2D eigenvalue weighted by Gasteiger charge is -2.70. The van der Waals surface area contributed by atoms with Crippen LogP contribution in [0.2, 0.25) is 0 Å². The Morgan fingerprint density at radius 2 is 1.59 bits per heavy atom. The van der Waals surface area contributed by atoms with Crippen molar-refractivity contribution in [3.8, 4) is 0 Å². The van der Waals surface area contributed by atoms with E-state index in [1.165, 1.54) is 5.57 Å². The minimum atomic E-state index is -0.550. The fourth-order valence-electron chi connectivity index (χ4n) is 11.3. The highest BCUT2D eigenvalue weighted by Gasteiger charge is 2.70. The van der Waals surface area contributed by atoms with Gasteiger partial charge in [0.2, 0.25) is 0 Å². The van der Waals surface area contributed by atoms with E-state index >= 15 is 0 Å². The third kappa shape index (κ3) is 4.01. The molecular weight excluding hydrogens is 508 g/mol. The minimum absolute atomic E-state index is 0.0237. The van der Waals surface area contributed by atoms with Gasteiger partial charge >= 0.3 is 5.97 Å². The van der Waals surface area contributed by atoms with E-state index in [-0.39, 0.29) is 51.0 Å². The van der Waals surface area contributed by atoms with Crippen LogP contribution in [0.4, 0.5) is 0 Å². The lowest BCUT2D eigenvalue weighted by molar-refractivity contribution is -0.202. The van der Waals surface area contributed by atoms with E-state index in [0.29, 0.717) is 18.3 Å². The Balaban J connectivity index is 1.34. The number of rotatable bonds is 3. The first-order valence-corrected chi connectivity index (χ1v) is 16.3. The number of ether oxygens (including phenoxy) is 1. The summed E-state index contributed by atoms with van der Waals surface area (Å²) >= 11 is 0. The number of fused-ring (bicyclic) bond motifs is 7. The summed E-state index contributed by atoms with van der Waals surface area (Å²) in [4.78, 5) is 28.1. The first-order valence-electron chi connectivity index (χ1n) is 16.3. The monoisotopic (exact) mass is 560 g/mol. The van der Waals surface area contributed by atoms with Crippen LogP contribution in [0, 0.1) is 50.2 Å². The highest BCUT2D eigenvalue weighted by molar-refractivity contribution is 5.95. The second kappa shape index (κ2) is 9.28. The van der Waals surface area contributed by atoms with Crippen LogP contribution in [-0.4, -0.2) is 23.0 Å². The lowest BCUT2D eigenvalue weighted by Crippen LogP contribution is -2.66. The number of ketones is 1. The molecule has 0 aliphatic heterocycles. The maximum Gasteiger partial charge on any atom is 0.312 e. The van der Waals surface area contributed by atoms with Gasteiger partial charge in [-0.25, -0.2) is 0 Å². The van der Waals surface area contributed by atoms with Crippen LogP contribution >= 0.6 is 0 Å². The summed E-state index contributed by atoms with van der Waals surface area (Å²) in [6.45, 7) is 16.5. The molecule has 224 valence electrons. The van der Waals surface area contributed by atoms with Crippen LogP contribution in [0.15, 0.2) is 42.0 Å². The zero-order valence-electron chi connectivity index (χ0n) is 26.5. The van der Waals surface area contributed by atoms with Crippen LogP contribution in [0.5, 0.6) is 0 Å². The molecule has 4 saturated carbocycles. The number of esters is 1. The van der Waals surface area contributed by atoms with Gasteiger partial charge in [0.25, 0.3) is 0 Å². The van der Waals surface area contributed by atoms with Crippen LogP contribution in [-0.2, 0) is 20.9 Å². The van der Waals surface area contributed by atoms with Gasteiger partial charge in [-0.2, -0.15) is 0 Å². The fraction of sp³-hybridized carbons (Fsp3) is 0.730. The molecule has 0 bridgehead atoms. The van der Waals surface area contributed by atoms with Gasteiger partial charge in [0.1, 0.15) is 6.61 Å². The number of hydrogen-bond donors (Lipinski definition) is 1. The van der Waals surface area contributed by atoms with Crippen LogP contribution in [0.1, 0.15) is 112 Å². The average Bonchev–Trinajstić information content (AvgIpc) is 2.92. The molecule has 0 aromatic heterocycles. The van der Waals surface area contributed by atoms with Crippen molar-refractivity contribution < 1.29 is 19.4 Å². The van der Waals surface area contributed by atoms with Crippen molar-refractivity contribution in [3.63, 3.8) is 0 Å². The van der Waals surface area contributed by atoms with E-state index in [4.69, 9.17) is 4.74 Å². The molecule has 1 aromatic carbocycles. The van der Waals surface area contributed by atoms with Gasteiger partial charge in [0.05, 0.1) is 11.5 Å². The Bertz CT molecular complexity index is 1260.